The van der Waals surface area contributed by atoms with Crippen LogP contribution in [0.1, 0.15) is 44.1 Å². The lowest BCUT2D eigenvalue weighted by molar-refractivity contribution is -0.133. The summed E-state index contributed by atoms with van der Waals surface area (Å²) in [6, 6.07) is 2.68. The van der Waals surface area contributed by atoms with E-state index in [1.807, 2.05) is 18.0 Å². The molecule has 0 aromatic carbocycles. The van der Waals surface area contributed by atoms with Crippen LogP contribution in [0.5, 0.6) is 0 Å². The van der Waals surface area contributed by atoms with Crippen LogP contribution in [0.3, 0.4) is 0 Å². The summed E-state index contributed by atoms with van der Waals surface area (Å²) in [5.74, 6) is 0.150. The van der Waals surface area contributed by atoms with Gasteiger partial charge in [0.15, 0.2) is 0 Å². The van der Waals surface area contributed by atoms with Crippen molar-refractivity contribution in [2.24, 2.45) is 0 Å². The van der Waals surface area contributed by atoms with E-state index < -0.39 is 0 Å². The number of likely N-dealkylation sites (N-methyl/N-ethyl adjacent to an activating group) is 1. The van der Waals surface area contributed by atoms with Crippen molar-refractivity contribution < 1.29 is 4.79 Å². The lowest BCUT2D eigenvalue weighted by Crippen LogP contribution is -2.53. The highest BCUT2D eigenvalue weighted by atomic mass is 35.5. The molecule has 3 rings (SSSR count). The first kappa shape index (κ1) is 20.3. The summed E-state index contributed by atoms with van der Waals surface area (Å²) in [6.45, 7) is 2.38. The molecular formula is C17H25Cl3N2OS. The molecule has 0 radical (unpaired) electrons. The van der Waals surface area contributed by atoms with Gasteiger partial charge in [-0.05, 0) is 50.4 Å². The molecule has 2 aliphatic rings. The maximum absolute atomic E-state index is 12.7. The average molecular weight is 412 g/mol. The average Bonchev–Trinajstić information content (AvgIpc) is 3.17. The maximum atomic E-state index is 12.7. The molecule has 1 amide bonds. The number of hydrogen-bond donors (Lipinski definition) is 0. The summed E-state index contributed by atoms with van der Waals surface area (Å²) in [4.78, 5) is 17.3. The number of carbonyl (C=O) groups is 1. The second-order valence-electron chi connectivity index (χ2n) is 6.69. The summed E-state index contributed by atoms with van der Waals surface area (Å²) in [5, 5.41) is 0. The third-order valence-electron chi connectivity index (χ3n) is 5.26. The molecule has 24 heavy (non-hydrogen) atoms. The van der Waals surface area contributed by atoms with Gasteiger partial charge >= 0.3 is 0 Å². The van der Waals surface area contributed by atoms with Crippen LogP contribution in [0.2, 0.25) is 8.67 Å². The van der Waals surface area contributed by atoms with Gasteiger partial charge in [-0.15, -0.1) is 23.7 Å². The van der Waals surface area contributed by atoms with Gasteiger partial charge in [0, 0.05) is 19.1 Å². The molecule has 1 saturated carbocycles. The molecule has 3 nitrogen and oxygen atoms in total. The van der Waals surface area contributed by atoms with Crippen molar-refractivity contribution >= 4 is 52.9 Å². The Kier molecular flexibility index (Phi) is 7.69. The molecule has 7 heteroatoms. The Bertz CT molecular complexity index is 560. The Hall–Kier alpha value is -0.000000000000000167. The van der Waals surface area contributed by atoms with Crippen molar-refractivity contribution in [3.05, 3.63) is 20.3 Å². The fraction of sp³-hybridized carbons (Fsp3) is 0.706. The van der Waals surface area contributed by atoms with Crippen LogP contribution in [0.4, 0.5) is 0 Å². The van der Waals surface area contributed by atoms with Gasteiger partial charge < -0.3 is 4.90 Å². The zero-order valence-corrected chi connectivity index (χ0v) is 17.1. The van der Waals surface area contributed by atoms with E-state index in [2.05, 4.69) is 4.90 Å². The monoisotopic (exact) mass is 410 g/mol. The van der Waals surface area contributed by atoms with Gasteiger partial charge in [-0.3, -0.25) is 9.69 Å². The zero-order valence-electron chi connectivity index (χ0n) is 14.0. The Balaban J connectivity index is 0.00000208. The van der Waals surface area contributed by atoms with Gasteiger partial charge in [-0.2, -0.15) is 0 Å². The van der Waals surface area contributed by atoms with Gasteiger partial charge in [-0.25, -0.2) is 0 Å². The standard InChI is InChI=1S/C17H24Cl2N2OS.ClH/c1-20(16(22)11-12-10-15(18)23-17(12)19)13-6-2-3-7-14(13)21-8-4-5-9-21;/h10,13-14H,2-9,11H2,1H3;1H/t13-,14-;/m1./s1. The van der Waals surface area contributed by atoms with Gasteiger partial charge in [0.1, 0.15) is 0 Å². The molecule has 2 heterocycles. The van der Waals surface area contributed by atoms with Gasteiger partial charge in [0.2, 0.25) is 5.91 Å². The molecule has 2 atom stereocenters. The predicted octanol–water partition coefficient (Wildman–Crippen LogP) is 4.88. The van der Waals surface area contributed by atoms with Crippen molar-refractivity contribution in [3.8, 4) is 0 Å². The fourth-order valence-corrected chi connectivity index (χ4v) is 5.50. The highest BCUT2D eigenvalue weighted by molar-refractivity contribution is 7.20. The minimum Gasteiger partial charge on any atom is -0.341 e. The van der Waals surface area contributed by atoms with Crippen molar-refractivity contribution in [2.45, 2.75) is 57.0 Å². The van der Waals surface area contributed by atoms with Gasteiger partial charge in [0.05, 0.1) is 15.1 Å². The smallest absolute Gasteiger partial charge is 0.227 e. The van der Waals surface area contributed by atoms with E-state index in [0.29, 0.717) is 27.2 Å². The normalized spacial score (nSPS) is 24.6. The molecule has 1 aromatic heterocycles. The van der Waals surface area contributed by atoms with Crippen LogP contribution < -0.4 is 0 Å². The van der Waals surface area contributed by atoms with Crippen LogP contribution in [0.15, 0.2) is 6.07 Å². The van der Waals surface area contributed by atoms with Gasteiger partial charge in [0.25, 0.3) is 0 Å². The minimum absolute atomic E-state index is 0. The van der Waals surface area contributed by atoms with Crippen molar-refractivity contribution in [1.82, 2.24) is 9.80 Å². The van der Waals surface area contributed by atoms with Crippen LogP contribution >= 0.6 is 46.9 Å². The van der Waals surface area contributed by atoms with Crippen molar-refractivity contribution in [2.75, 3.05) is 20.1 Å². The lowest BCUT2D eigenvalue weighted by atomic mass is 9.88. The third kappa shape index (κ3) is 4.59. The number of rotatable bonds is 4. The number of nitrogens with zero attached hydrogens (tertiary/aromatic N) is 2. The van der Waals surface area contributed by atoms with E-state index in [-0.39, 0.29) is 18.3 Å². The second kappa shape index (κ2) is 9.09. The first-order valence-corrected chi connectivity index (χ1v) is 10.1. The molecule has 0 bridgehead atoms. The molecule has 1 aliphatic heterocycles. The Labute approximate surface area is 164 Å². The third-order valence-corrected chi connectivity index (χ3v) is 6.83. The summed E-state index contributed by atoms with van der Waals surface area (Å²) in [7, 11) is 1.96. The first-order valence-electron chi connectivity index (χ1n) is 8.49. The molecule has 2 fully saturated rings. The van der Waals surface area contributed by atoms with E-state index >= 15 is 0 Å². The largest absolute Gasteiger partial charge is 0.341 e. The maximum Gasteiger partial charge on any atom is 0.227 e. The van der Waals surface area contributed by atoms with Crippen LogP contribution in [-0.2, 0) is 11.2 Å². The number of amides is 1. The minimum atomic E-state index is 0. The Morgan fingerprint density at radius 3 is 2.54 bits per heavy atom. The van der Waals surface area contributed by atoms with Crippen LogP contribution in [0.25, 0.3) is 0 Å². The summed E-state index contributed by atoms with van der Waals surface area (Å²) in [5.41, 5.74) is 0.854. The van der Waals surface area contributed by atoms with E-state index in [9.17, 15) is 4.79 Å². The summed E-state index contributed by atoms with van der Waals surface area (Å²) in [6.07, 6.45) is 7.77. The van der Waals surface area contributed by atoms with Crippen molar-refractivity contribution in [1.29, 1.82) is 0 Å². The van der Waals surface area contributed by atoms with Gasteiger partial charge in [-0.1, -0.05) is 36.0 Å². The van der Waals surface area contributed by atoms with Crippen LogP contribution in [0, 0.1) is 0 Å². The summed E-state index contributed by atoms with van der Waals surface area (Å²) < 4.78 is 1.28. The summed E-state index contributed by atoms with van der Waals surface area (Å²) >= 11 is 13.5. The van der Waals surface area contributed by atoms with Crippen molar-refractivity contribution in [3.63, 3.8) is 0 Å². The predicted molar refractivity (Wildman–Crippen MR) is 105 cm³/mol. The molecule has 1 aliphatic carbocycles. The number of likely N-dealkylation sites (tertiary alicyclic amines) is 1. The van der Waals surface area contributed by atoms with E-state index in [4.69, 9.17) is 23.2 Å². The van der Waals surface area contributed by atoms with E-state index in [1.165, 1.54) is 56.5 Å². The highest BCUT2D eigenvalue weighted by Gasteiger charge is 2.35. The molecule has 0 unspecified atom stereocenters. The number of hydrogen-bond acceptors (Lipinski definition) is 3. The molecule has 0 N–H and O–H groups in total. The SMILES string of the molecule is CN(C(=O)Cc1cc(Cl)sc1Cl)[C@@H]1CCCC[C@H]1N1CCCC1.Cl. The topological polar surface area (TPSA) is 23.6 Å². The highest BCUT2D eigenvalue weighted by Crippen LogP contribution is 2.33. The molecule has 0 spiro atoms. The molecule has 1 aromatic rings. The van der Waals surface area contributed by atoms with E-state index in [1.54, 1.807) is 0 Å². The Morgan fingerprint density at radius 2 is 1.92 bits per heavy atom. The van der Waals surface area contributed by atoms with E-state index in [0.717, 1.165) is 12.0 Å². The number of thiophene rings is 1. The molecular weight excluding hydrogens is 387 g/mol. The van der Waals surface area contributed by atoms with Crippen LogP contribution in [-0.4, -0.2) is 47.9 Å². The lowest BCUT2D eigenvalue weighted by Gasteiger charge is -2.42. The number of halogens is 3. The Morgan fingerprint density at radius 1 is 1.25 bits per heavy atom. The fourth-order valence-electron chi connectivity index (χ4n) is 4.01. The number of carbonyl (C=O) groups excluding carboxylic acids is 1. The quantitative estimate of drug-likeness (QED) is 0.704. The molecule has 136 valence electrons. The second-order valence-corrected chi connectivity index (χ2v) is 8.98. The molecule has 1 saturated heterocycles. The first-order chi connectivity index (χ1) is 11.1. The zero-order chi connectivity index (χ0) is 16.4.